The predicted octanol–water partition coefficient (Wildman–Crippen LogP) is 7.45. The molecule has 1 saturated heterocycles. The number of esters is 1. The minimum Gasteiger partial charge on any atom is -0.497 e. The Balaban J connectivity index is 1.18. The summed E-state index contributed by atoms with van der Waals surface area (Å²) in [6.07, 6.45) is 5.46. The zero-order valence-electron chi connectivity index (χ0n) is 42.5. The van der Waals surface area contributed by atoms with E-state index in [9.17, 15) is 19.2 Å². The first kappa shape index (κ1) is 52.0. The van der Waals surface area contributed by atoms with E-state index >= 15 is 0 Å². The second-order valence-corrected chi connectivity index (χ2v) is 19.4. The van der Waals surface area contributed by atoms with E-state index in [1.54, 1.807) is 40.6 Å². The molecule has 0 aliphatic carbocycles. The number of carbonyl (C=O) groups excluding carboxylic acids is 4. The molecule has 2 aliphatic rings. The summed E-state index contributed by atoms with van der Waals surface area (Å²) in [4.78, 5) is 71.2. The van der Waals surface area contributed by atoms with Gasteiger partial charge in [-0.3, -0.25) is 29.2 Å². The number of aliphatic imine (C=N–C) groups is 2. The van der Waals surface area contributed by atoms with Crippen LogP contribution in [0.3, 0.4) is 0 Å². The number of ether oxygens (including phenoxy) is 4. The molecule has 0 spiro atoms. The van der Waals surface area contributed by atoms with Gasteiger partial charge in [-0.25, -0.2) is 15.4 Å². The highest BCUT2D eigenvalue weighted by atomic mass is 16.5. The molecule has 16 heteroatoms. The number of amides is 3. The lowest BCUT2D eigenvalue weighted by Crippen LogP contribution is -2.62. The van der Waals surface area contributed by atoms with Gasteiger partial charge in [-0.05, 0) is 90.3 Å². The van der Waals surface area contributed by atoms with Crippen molar-refractivity contribution in [3.05, 3.63) is 101 Å². The number of nitrogens with one attached hydrogen (secondary N) is 2. The molecule has 7 rings (SSSR count). The SMILES string of the molecule is CCn1c(-c2cnccc2COC)c2c3cc(ccc31)-c1cccc(c1)C[C@H](NC(=O)C(C(C)C)N(C)C(=O)CCN=C=NCc1ccc(OC)cc1OC)C(=O)N1CCC[C@H](N1)C(=O)OCC(C)(C)C2. The van der Waals surface area contributed by atoms with E-state index in [2.05, 4.69) is 87.4 Å². The van der Waals surface area contributed by atoms with Crippen molar-refractivity contribution in [3.8, 4) is 33.9 Å². The molecule has 5 aromatic rings. The molecule has 1 unspecified atom stereocenters. The summed E-state index contributed by atoms with van der Waals surface area (Å²) >= 11 is 0. The third kappa shape index (κ3) is 12.2. The Morgan fingerprint density at radius 2 is 1.82 bits per heavy atom. The van der Waals surface area contributed by atoms with Crippen molar-refractivity contribution in [3.63, 3.8) is 0 Å². The maximum absolute atomic E-state index is 14.7. The van der Waals surface area contributed by atoms with Crippen LogP contribution in [0.1, 0.15) is 76.1 Å². The number of hydrogen-bond donors (Lipinski definition) is 2. The molecule has 3 aromatic carbocycles. The molecule has 2 N–H and O–H groups in total. The van der Waals surface area contributed by atoms with Gasteiger partial charge in [-0.1, -0.05) is 58.0 Å². The van der Waals surface area contributed by atoms with E-state index in [0.717, 1.165) is 55.5 Å². The quantitative estimate of drug-likeness (QED) is 0.0791. The zero-order valence-corrected chi connectivity index (χ0v) is 42.5. The van der Waals surface area contributed by atoms with Crippen LogP contribution in [-0.2, 0) is 61.2 Å². The summed E-state index contributed by atoms with van der Waals surface area (Å²) < 4.78 is 24.8. The van der Waals surface area contributed by atoms with Gasteiger partial charge in [-0.2, -0.15) is 0 Å². The number of likely N-dealkylation sites (N-methyl/N-ethyl adjacent to an activating group) is 1. The number of fused-ring (bicyclic) bond motifs is 6. The lowest BCUT2D eigenvalue weighted by molar-refractivity contribution is -0.155. The van der Waals surface area contributed by atoms with Gasteiger partial charge in [0, 0.05) is 86.0 Å². The number of rotatable bonds is 15. The highest BCUT2D eigenvalue weighted by Gasteiger charge is 2.37. The smallest absolute Gasteiger partial charge is 0.324 e. The summed E-state index contributed by atoms with van der Waals surface area (Å²) in [5.41, 5.74) is 11.5. The number of nitrogens with zero attached hydrogens (tertiary/aromatic N) is 6. The molecular formula is C55H68N8O8. The van der Waals surface area contributed by atoms with Crippen LogP contribution in [0.15, 0.2) is 89.1 Å². The van der Waals surface area contributed by atoms with Crippen LogP contribution in [0.5, 0.6) is 11.5 Å². The molecule has 3 amide bonds. The Morgan fingerprint density at radius 3 is 2.56 bits per heavy atom. The fourth-order valence-electron chi connectivity index (χ4n) is 9.72. The number of methoxy groups -OCH3 is 3. The summed E-state index contributed by atoms with van der Waals surface area (Å²) in [5, 5.41) is 5.57. The summed E-state index contributed by atoms with van der Waals surface area (Å²) in [6.45, 7) is 12.0. The Labute approximate surface area is 416 Å². The van der Waals surface area contributed by atoms with Gasteiger partial charge in [0.1, 0.15) is 29.6 Å². The molecule has 1 fully saturated rings. The Kier molecular flexibility index (Phi) is 17.1. The molecule has 0 radical (unpaired) electrons. The van der Waals surface area contributed by atoms with E-state index < -0.39 is 41.3 Å². The van der Waals surface area contributed by atoms with E-state index in [4.69, 9.17) is 18.9 Å². The van der Waals surface area contributed by atoms with E-state index in [1.807, 2.05) is 50.4 Å². The number of cyclic esters (lactones) is 1. The topological polar surface area (TPSA) is 178 Å². The monoisotopic (exact) mass is 969 g/mol. The number of benzene rings is 3. The van der Waals surface area contributed by atoms with Gasteiger partial charge in [0.15, 0.2) is 0 Å². The van der Waals surface area contributed by atoms with Crippen molar-refractivity contribution >= 4 is 40.6 Å². The fraction of sp³-hybridized carbons (Fsp3) is 0.455. The van der Waals surface area contributed by atoms with Gasteiger partial charge < -0.3 is 33.7 Å². The highest BCUT2D eigenvalue weighted by Crippen LogP contribution is 2.41. The third-order valence-electron chi connectivity index (χ3n) is 13.3. The molecule has 2 aromatic heterocycles. The van der Waals surface area contributed by atoms with Crippen molar-refractivity contribution in [1.29, 1.82) is 0 Å². The first-order valence-electron chi connectivity index (χ1n) is 24.4. The Hall–Kier alpha value is -6.87. The van der Waals surface area contributed by atoms with Crippen molar-refractivity contribution in [2.45, 2.75) is 105 Å². The average Bonchev–Trinajstić information content (AvgIpc) is 3.67. The fourth-order valence-corrected chi connectivity index (χ4v) is 9.72. The normalized spacial score (nSPS) is 17.4. The van der Waals surface area contributed by atoms with Crippen LogP contribution < -0.4 is 20.2 Å². The number of carbonyl (C=O) groups is 4. The molecule has 3 atom stereocenters. The first-order valence-corrected chi connectivity index (χ1v) is 24.4. The van der Waals surface area contributed by atoms with Crippen molar-refractivity contribution in [2.24, 2.45) is 21.3 Å². The minimum absolute atomic E-state index is 0.0129. The summed E-state index contributed by atoms with van der Waals surface area (Å²) in [5.74, 6) is -0.646. The first-order chi connectivity index (χ1) is 34.2. The summed E-state index contributed by atoms with van der Waals surface area (Å²) in [6, 6.07) is 21.9. The Bertz CT molecular complexity index is 2800. The molecule has 2 aliphatic heterocycles. The van der Waals surface area contributed by atoms with Crippen LogP contribution in [0.4, 0.5) is 0 Å². The average molecular weight is 969 g/mol. The van der Waals surface area contributed by atoms with Crippen LogP contribution >= 0.6 is 0 Å². The lowest BCUT2D eigenvalue weighted by Gasteiger charge is -2.36. The number of hydrazine groups is 1. The van der Waals surface area contributed by atoms with Gasteiger partial charge in [-0.15, -0.1) is 0 Å². The number of hydrogen-bond acceptors (Lipinski definition) is 12. The maximum atomic E-state index is 14.7. The standard InChI is InChI=1S/C55H68N8O8/c1-10-62-47-19-17-38-27-42(47)43(51(62)44-31-56-22-20-40(44)32-68-7)29-55(4,5)33-71-54(67)45-15-12-24-63(60-45)53(66)46(26-36-13-11-14-37(38)25-36)59-52(65)50(35(2)3)61(6)49(64)21-23-57-34-58-30-39-16-18-41(69-8)28-48(39)70-9/h11,13-14,16-20,22,25,27-28,31,35,45-46,50,60H,10,12,15,21,23-24,26,29-30,32-33H2,1-9H3,(H,59,65)/t45-,46-,50?/m0/s1. The van der Waals surface area contributed by atoms with E-state index in [-0.39, 0.29) is 44.4 Å². The molecule has 71 heavy (non-hydrogen) atoms. The van der Waals surface area contributed by atoms with Crippen molar-refractivity contribution in [2.75, 3.05) is 48.1 Å². The van der Waals surface area contributed by atoms with Crippen molar-refractivity contribution in [1.82, 2.24) is 30.2 Å². The van der Waals surface area contributed by atoms with Gasteiger partial charge in [0.05, 0.1) is 52.2 Å². The largest absolute Gasteiger partial charge is 0.497 e. The van der Waals surface area contributed by atoms with Gasteiger partial charge in [0.25, 0.3) is 5.91 Å². The van der Waals surface area contributed by atoms with Crippen LogP contribution in [0.2, 0.25) is 0 Å². The third-order valence-corrected chi connectivity index (χ3v) is 13.3. The second kappa shape index (κ2) is 23.4. The van der Waals surface area contributed by atoms with Gasteiger partial charge >= 0.3 is 5.97 Å². The van der Waals surface area contributed by atoms with Gasteiger partial charge in [0.2, 0.25) is 11.8 Å². The number of aromatic nitrogens is 2. The van der Waals surface area contributed by atoms with Crippen molar-refractivity contribution < 1.29 is 38.1 Å². The number of aryl methyl sites for hydroxylation is 1. The number of pyridine rings is 1. The minimum atomic E-state index is -1.05. The molecule has 16 nitrogen and oxygen atoms in total. The molecule has 0 saturated carbocycles. The molecule has 6 bridgehead atoms. The van der Waals surface area contributed by atoms with Crippen LogP contribution in [0.25, 0.3) is 33.3 Å². The maximum Gasteiger partial charge on any atom is 0.324 e. The second-order valence-electron chi connectivity index (χ2n) is 19.4. The molecular weight excluding hydrogens is 901 g/mol. The Morgan fingerprint density at radius 1 is 1.01 bits per heavy atom. The zero-order chi connectivity index (χ0) is 50.8. The predicted molar refractivity (Wildman–Crippen MR) is 273 cm³/mol. The highest BCUT2D eigenvalue weighted by molar-refractivity contribution is 5.96. The van der Waals surface area contributed by atoms with E-state index in [0.29, 0.717) is 50.5 Å². The van der Waals surface area contributed by atoms with Crippen LogP contribution in [-0.4, -0.2) is 115 Å². The molecule has 376 valence electrons. The van der Waals surface area contributed by atoms with E-state index in [1.165, 1.54) is 9.91 Å². The molecule has 4 heterocycles. The lowest BCUT2D eigenvalue weighted by atomic mass is 9.84. The van der Waals surface area contributed by atoms with Crippen LogP contribution in [0, 0.1) is 11.3 Å². The summed E-state index contributed by atoms with van der Waals surface area (Å²) in [7, 11) is 6.44.